The highest BCUT2D eigenvalue weighted by Gasteiger charge is 2.34. The average molecular weight is 517 g/mol. The van der Waals surface area contributed by atoms with Crippen molar-refractivity contribution in [2.45, 2.75) is 59.9 Å². The summed E-state index contributed by atoms with van der Waals surface area (Å²) >= 11 is 6.71. The zero-order valence-corrected chi connectivity index (χ0v) is 22.4. The van der Waals surface area contributed by atoms with E-state index in [2.05, 4.69) is 17.9 Å². The van der Waals surface area contributed by atoms with E-state index in [4.69, 9.17) is 17.0 Å². The van der Waals surface area contributed by atoms with Gasteiger partial charge in [-0.05, 0) is 51.7 Å². The number of nitrogens with zero attached hydrogens (tertiary/aromatic N) is 4. The van der Waals surface area contributed by atoms with Gasteiger partial charge in [0.25, 0.3) is 11.5 Å². The lowest BCUT2D eigenvalue weighted by Crippen LogP contribution is -2.41. The largest absolute Gasteiger partial charge is 0.466 e. The summed E-state index contributed by atoms with van der Waals surface area (Å²) in [6.45, 7) is 9.89. The molecule has 3 heterocycles. The normalized spacial score (nSPS) is 17.9. The molecular formula is C25H32N4O4S2. The molecule has 35 heavy (non-hydrogen) atoms. The molecule has 1 aromatic rings. The molecule has 10 heteroatoms. The van der Waals surface area contributed by atoms with Crippen molar-refractivity contribution in [3.8, 4) is 6.07 Å². The molecule has 0 aromatic carbocycles. The van der Waals surface area contributed by atoms with Gasteiger partial charge < -0.3 is 9.64 Å². The van der Waals surface area contributed by atoms with Crippen molar-refractivity contribution < 1.29 is 14.3 Å². The first-order valence-electron chi connectivity index (χ1n) is 12.1. The topological polar surface area (TPSA) is 95.6 Å². The van der Waals surface area contributed by atoms with E-state index in [1.54, 1.807) is 29.4 Å². The fourth-order valence-electron chi connectivity index (χ4n) is 4.51. The Hall–Kier alpha value is -2.64. The van der Waals surface area contributed by atoms with Crippen LogP contribution in [0.2, 0.25) is 0 Å². The fourth-order valence-corrected chi connectivity index (χ4v) is 5.80. The summed E-state index contributed by atoms with van der Waals surface area (Å²) in [5.74, 6) is 0.167. The van der Waals surface area contributed by atoms with Crippen molar-refractivity contribution >= 4 is 52.1 Å². The molecule has 0 aliphatic carbocycles. The average Bonchev–Trinajstić information content (AvgIpc) is 3.11. The molecule has 2 aliphatic rings. The molecule has 2 saturated heterocycles. The van der Waals surface area contributed by atoms with Gasteiger partial charge in [-0.15, -0.1) is 0 Å². The van der Waals surface area contributed by atoms with E-state index < -0.39 is 0 Å². The quantitative estimate of drug-likeness (QED) is 0.292. The number of esters is 1. The molecular weight excluding hydrogens is 484 g/mol. The summed E-state index contributed by atoms with van der Waals surface area (Å²) in [5, 5.41) is 9.74. The van der Waals surface area contributed by atoms with Gasteiger partial charge in [-0.25, -0.2) is 0 Å². The Labute approximate surface area is 215 Å². The number of hydrogen-bond donors (Lipinski definition) is 0. The Kier molecular flexibility index (Phi) is 9.14. The number of rotatable bonds is 8. The van der Waals surface area contributed by atoms with E-state index in [1.165, 1.54) is 11.8 Å². The molecule has 0 radical (unpaired) electrons. The number of ether oxygens (including phenoxy) is 1. The number of pyridine rings is 1. The lowest BCUT2D eigenvalue weighted by Gasteiger charge is -2.35. The molecule has 0 bridgehead atoms. The first-order chi connectivity index (χ1) is 16.8. The van der Waals surface area contributed by atoms with Gasteiger partial charge in [-0.2, -0.15) is 5.26 Å². The molecule has 2 fully saturated rings. The van der Waals surface area contributed by atoms with Gasteiger partial charge in [0.15, 0.2) is 0 Å². The third-order valence-corrected chi connectivity index (χ3v) is 7.84. The maximum atomic E-state index is 13.2. The van der Waals surface area contributed by atoms with Crippen LogP contribution in [-0.4, -0.2) is 51.9 Å². The minimum absolute atomic E-state index is 0.0738. The van der Waals surface area contributed by atoms with E-state index in [9.17, 15) is 19.6 Å². The Bertz CT molecular complexity index is 1140. The minimum atomic E-state index is -0.345. The number of carbonyl (C=O) groups excluding carboxylic acids is 2. The van der Waals surface area contributed by atoms with E-state index in [0.29, 0.717) is 71.8 Å². The van der Waals surface area contributed by atoms with E-state index >= 15 is 0 Å². The molecule has 1 amide bonds. The fraction of sp³-hybridized carbons (Fsp3) is 0.560. The summed E-state index contributed by atoms with van der Waals surface area (Å²) < 4.78 is 7.31. The second-order valence-electron chi connectivity index (χ2n) is 8.60. The number of nitriles is 1. The lowest BCUT2D eigenvalue weighted by molar-refractivity contribution is -0.148. The summed E-state index contributed by atoms with van der Waals surface area (Å²) in [4.78, 5) is 42.7. The van der Waals surface area contributed by atoms with Crippen LogP contribution >= 0.6 is 24.0 Å². The maximum absolute atomic E-state index is 13.2. The van der Waals surface area contributed by atoms with Crippen molar-refractivity contribution in [1.29, 1.82) is 5.26 Å². The van der Waals surface area contributed by atoms with Crippen LogP contribution < -0.4 is 10.5 Å². The molecule has 0 atom stereocenters. The van der Waals surface area contributed by atoms with Crippen molar-refractivity contribution in [2.75, 3.05) is 31.1 Å². The van der Waals surface area contributed by atoms with Crippen LogP contribution in [0.3, 0.4) is 0 Å². The number of hydrogen-bond acceptors (Lipinski definition) is 8. The highest BCUT2D eigenvalue weighted by atomic mass is 32.2. The SMILES string of the molecule is CCCCN1C(=O)/C(=C\c2c(C)c(C#N)c(=O)n(CC)c2N2CCC(C(=O)OCC)CC2)SC1=S. The number of amides is 1. The highest BCUT2D eigenvalue weighted by Crippen LogP contribution is 2.37. The van der Waals surface area contributed by atoms with Crippen LogP contribution in [0.5, 0.6) is 0 Å². The van der Waals surface area contributed by atoms with Crippen LogP contribution in [-0.2, 0) is 20.9 Å². The van der Waals surface area contributed by atoms with Gasteiger partial charge in [0.05, 0.1) is 17.4 Å². The number of anilines is 1. The van der Waals surface area contributed by atoms with Crippen molar-refractivity contribution in [3.63, 3.8) is 0 Å². The second kappa shape index (κ2) is 11.9. The molecule has 8 nitrogen and oxygen atoms in total. The zero-order chi connectivity index (χ0) is 25.7. The number of aromatic nitrogens is 1. The van der Waals surface area contributed by atoms with Crippen molar-refractivity contribution in [1.82, 2.24) is 9.47 Å². The first kappa shape index (κ1) is 27.0. The van der Waals surface area contributed by atoms with E-state index in [1.807, 2.05) is 6.92 Å². The Morgan fingerprint density at radius 2 is 1.94 bits per heavy atom. The third-order valence-electron chi connectivity index (χ3n) is 6.46. The maximum Gasteiger partial charge on any atom is 0.309 e. The van der Waals surface area contributed by atoms with Crippen LogP contribution in [0.1, 0.15) is 63.1 Å². The number of carbonyl (C=O) groups is 2. The standard InChI is InChI=1S/C25H32N4O4S2/c1-5-8-11-29-23(31)20(35-25(29)34)14-18-16(4)19(15-26)22(30)28(6-2)21(18)27-12-9-17(10-13-27)24(32)33-7-3/h14,17H,5-13H2,1-4H3/b20-14+. The van der Waals surface area contributed by atoms with Gasteiger partial charge in [0.2, 0.25) is 0 Å². The number of piperidine rings is 1. The number of thioether (sulfide) groups is 1. The molecule has 2 aliphatic heterocycles. The van der Waals surface area contributed by atoms with Gasteiger partial charge in [0.1, 0.15) is 21.8 Å². The highest BCUT2D eigenvalue weighted by molar-refractivity contribution is 8.26. The summed E-state index contributed by atoms with van der Waals surface area (Å²) in [7, 11) is 0. The van der Waals surface area contributed by atoms with E-state index in [-0.39, 0.29) is 28.9 Å². The molecule has 0 N–H and O–H groups in total. The molecule has 3 rings (SSSR count). The van der Waals surface area contributed by atoms with Crippen LogP contribution in [0, 0.1) is 24.2 Å². The smallest absolute Gasteiger partial charge is 0.309 e. The predicted octanol–water partition coefficient (Wildman–Crippen LogP) is 3.83. The minimum Gasteiger partial charge on any atom is -0.466 e. The first-order valence-corrected chi connectivity index (χ1v) is 13.4. The summed E-state index contributed by atoms with van der Waals surface area (Å²) in [6, 6.07) is 2.06. The third kappa shape index (κ3) is 5.46. The molecule has 1 aromatic heterocycles. The summed E-state index contributed by atoms with van der Waals surface area (Å²) in [5.41, 5.74) is 0.949. The Balaban J connectivity index is 2.07. The van der Waals surface area contributed by atoms with Crippen LogP contribution in [0.4, 0.5) is 5.82 Å². The van der Waals surface area contributed by atoms with Gasteiger partial charge >= 0.3 is 5.97 Å². The van der Waals surface area contributed by atoms with Crippen LogP contribution in [0.15, 0.2) is 9.70 Å². The van der Waals surface area contributed by atoms with Gasteiger partial charge in [-0.3, -0.25) is 23.9 Å². The zero-order valence-electron chi connectivity index (χ0n) is 20.8. The van der Waals surface area contributed by atoms with Gasteiger partial charge in [-0.1, -0.05) is 37.3 Å². The van der Waals surface area contributed by atoms with Crippen molar-refractivity contribution in [2.24, 2.45) is 5.92 Å². The van der Waals surface area contributed by atoms with E-state index in [0.717, 1.165) is 12.8 Å². The molecule has 0 saturated carbocycles. The van der Waals surface area contributed by atoms with Crippen molar-refractivity contribution in [3.05, 3.63) is 31.9 Å². The predicted molar refractivity (Wildman–Crippen MR) is 142 cm³/mol. The molecule has 0 spiro atoms. The summed E-state index contributed by atoms with van der Waals surface area (Å²) in [6.07, 6.45) is 4.80. The van der Waals surface area contributed by atoms with Crippen LogP contribution in [0.25, 0.3) is 6.08 Å². The Morgan fingerprint density at radius 1 is 1.26 bits per heavy atom. The van der Waals surface area contributed by atoms with Gasteiger partial charge in [0, 0.05) is 31.7 Å². The number of unbranched alkanes of at least 4 members (excludes halogenated alkanes) is 1. The monoisotopic (exact) mass is 516 g/mol. The lowest BCUT2D eigenvalue weighted by atomic mass is 9.95. The molecule has 0 unspecified atom stereocenters. The molecule has 188 valence electrons. The number of thiocarbonyl (C=S) groups is 1. The second-order valence-corrected chi connectivity index (χ2v) is 10.3. The Morgan fingerprint density at radius 3 is 2.51 bits per heavy atom.